The van der Waals surface area contributed by atoms with E-state index in [4.69, 9.17) is 9.47 Å². The minimum Gasteiger partial charge on any atom is -0.465 e. The highest BCUT2D eigenvalue weighted by atomic mass is 79.9. The lowest BCUT2D eigenvalue weighted by atomic mass is 9.88. The number of rotatable bonds is 7. The second-order valence-electron chi connectivity index (χ2n) is 4.89. The standard InChI is InChI=1S/C15H19BrO4/c1-4-20-14(18)15(2,3)13(17)10-19-9-11-5-7-12(16)8-6-11/h5-8H,4,9-10H2,1-3H3. The molecule has 5 heteroatoms. The zero-order valence-electron chi connectivity index (χ0n) is 11.9. The number of ketones is 1. The minimum absolute atomic E-state index is 0.109. The second-order valence-corrected chi connectivity index (χ2v) is 5.80. The number of halogens is 1. The molecule has 0 spiro atoms. The first-order valence-corrected chi connectivity index (χ1v) is 7.20. The molecule has 0 aliphatic heterocycles. The molecule has 110 valence electrons. The van der Waals surface area contributed by atoms with Gasteiger partial charge in [0, 0.05) is 4.47 Å². The van der Waals surface area contributed by atoms with Gasteiger partial charge >= 0.3 is 5.97 Å². The second kappa shape index (κ2) is 7.55. The zero-order chi connectivity index (χ0) is 15.2. The van der Waals surface area contributed by atoms with Crippen molar-refractivity contribution in [1.82, 2.24) is 0 Å². The lowest BCUT2D eigenvalue weighted by molar-refractivity contribution is -0.159. The van der Waals surface area contributed by atoms with Gasteiger partial charge in [0.15, 0.2) is 5.78 Å². The van der Waals surface area contributed by atoms with Crippen LogP contribution in [0.25, 0.3) is 0 Å². The number of hydrogen-bond donors (Lipinski definition) is 0. The number of ether oxygens (including phenoxy) is 2. The molecule has 20 heavy (non-hydrogen) atoms. The van der Waals surface area contributed by atoms with Gasteiger partial charge in [0.1, 0.15) is 12.0 Å². The predicted octanol–water partition coefficient (Wildman–Crippen LogP) is 3.12. The summed E-state index contributed by atoms with van der Waals surface area (Å²) in [6.45, 7) is 5.30. The van der Waals surface area contributed by atoms with E-state index in [-0.39, 0.29) is 19.0 Å². The first-order valence-electron chi connectivity index (χ1n) is 6.40. The molecule has 4 nitrogen and oxygen atoms in total. The number of carbonyl (C=O) groups is 2. The number of Topliss-reactive ketones (excluding diaryl/α,β-unsaturated/α-hetero) is 1. The Labute approximate surface area is 127 Å². The van der Waals surface area contributed by atoms with Crippen molar-refractivity contribution in [1.29, 1.82) is 0 Å². The predicted molar refractivity (Wildman–Crippen MR) is 79.2 cm³/mol. The largest absolute Gasteiger partial charge is 0.465 e. The number of hydrogen-bond acceptors (Lipinski definition) is 4. The Morgan fingerprint density at radius 2 is 1.80 bits per heavy atom. The molecular formula is C15H19BrO4. The summed E-state index contributed by atoms with van der Waals surface area (Å²) in [5.41, 5.74) is -0.203. The summed E-state index contributed by atoms with van der Waals surface area (Å²) in [5.74, 6) is -0.801. The van der Waals surface area contributed by atoms with E-state index in [1.165, 1.54) is 0 Å². The molecule has 0 radical (unpaired) electrons. The molecule has 0 aliphatic rings. The molecule has 1 rings (SSSR count). The van der Waals surface area contributed by atoms with Gasteiger partial charge in [-0.25, -0.2) is 0 Å². The fourth-order valence-corrected chi connectivity index (χ4v) is 1.71. The highest BCUT2D eigenvalue weighted by molar-refractivity contribution is 9.10. The molecule has 0 saturated carbocycles. The van der Waals surface area contributed by atoms with Gasteiger partial charge in [0.25, 0.3) is 0 Å². The monoisotopic (exact) mass is 342 g/mol. The number of esters is 1. The fourth-order valence-electron chi connectivity index (χ4n) is 1.45. The van der Waals surface area contributed by atoms with Crippen LogP contribution in [0.15, 0.2) is 28.7 Å². The zero-order valence-corrected chi connectivity index (χ0v) is 13.5. The average Bonchev–Trinajstić information content (AvgIpc) is 2.41. The first kappa shape index (κ1) is 16.9. The van der Waals surface area contributed by atoms with Crippen molar-refractivity contribution < 1.29 is 19.1 Å². The topological polar surface area (TPSA) is 52.6 Å². The van der Waals surface area contributed by atoms with E-state index in [0.717, 1.165) is 10.0 Å². The van der Waals surface area contributed by atoms with Crippen molar-refractivity contribution in [2.45, 2.75) is 27.4 Å². The number of carbonyl (C=O) groups excluding carboxylic acids is 2. The third-order valence-corrected chi connectivity index (χ3v) is 3.43. The Bertz CT molecular complexity index is 465. The molecule has 0 bridgehead atoms. The minimum atomic E-state index is -1.17. The fraction of sp³-hybridized carbons (Fsp3) is 0.467. The Balaban J connectivity index is 2.46. The lowest BCUT2D eigenvalue weighted by Crippen LogP contribution is -2.37. The van der Waals surface area contributed by atoms with E-state index in [0.29, 0.717) is 6.61 Å². The Hall–Kier alpha value is -1.20. The van der Waals surface area contributed by atoms with Crippen LogP contribution >= 0.6 is 15.9 Å². The molecule has 0 saturated heterocycles. The van der Waals surface area contributed by atoms with E-state index in [2.05, 4.69) is 15.9 Å². The molecular weight excluding hydrogens is 324 g/mol. The van der Waals surface area contributed by atoms with Gasteiger partial charge in [-0.1, -0.05) is 28.1 Å². The highest BCUT2D eigenvalue weighted by Gasteiger charge is 2.37. The molecule has 0 heterocycles. The molecule has 1 aromatic rings. The van der Waals surface area contributed by atoms with Crippen molar-refractivity contribution in [3.63, 3.8) is 0 Å². The Morgan fingerprint density at radius 1 is 1.20 bits per heavy atom. The van der Waals surface area contributed by atoms with Crippen molar-refractivity contribution in [2.24, 2.45) is 5.41 Å². The van der Waals surface area contributed by atoms with Gasteiger partial charge in [-0.2, -0.15) is 0 Å². The molecule has 0 atom stereocenters. The third kappa shape index (κ3) is 4.72. The smallest absolute Gasteiger partial charge is 0.319 e. The maximum atomic E-state index is 12.0. The van der Waals surface area contributed by atoms with E-state index in [1.807, 2.05) is 24.3 Å². The molecule has 0 aromatic heterocycles. The highest BCUT2D eigenvalue weighted by Crippen LogP contribution is 2.19. The molecule has 1 aromatic carbocycles. The summed E-state index contributed by atoms with van der Waals surface area (Å²) >= 11 is 3.35. The van der Waals surface area contributed by atoms with Crippen LogP contribution in [0.2, 0.25) is 0 Å². The van der Waals surface area contributed by atoms with Crippen molar-refractivity contribution in [2.75, 3.05) is 13.2 Å². The van der Waals surface area contributed by atoms with E-state index in [1.54, 1.807) is 20.8 Å². The number of benzene rings is 1. The summed E-state index contributed by atoms with van der Waals surface area (Å²) in [5, 5.41) is 0. The Morgan fingerprint density at radius 3 is 2.35 bits per heavy atom. The maximum Gasteiger partial charge on any atom is 0.319 e. The van der Waals surface area contributed by atoms with Crippen molar-refractivity contribution in [3.8, 4) is 0 Å². The van der Waals surface area contributed by atoms with Crippen LogP contribution in [0.4, 0.5) is 0 Å². The van der Waals surface area contributed by atoms with Gasteiger partial charge in [-0.3, -0.25) is 9.59 Å². The van der Waals surface area contributed by atoms with E-state index in [9.17, 15) is 9.59 Å². The van der Waals surface area contributed by atoms with Crippen LogP contribution < -0.4 is 0 Å². The van der Waals surface area contributed by atoms with E-state index < -0.39 is 11.4 Å². The quantitative estimate of drug-likeness (QED) is 0.564. The van der Waals surface area contributed by atoms with Crippen LogP contribution in [-0.2, 0) is 25.7 Å². The van der Waals surface area contributed by atoms with Gasteiger partial charge in [0.2, 0.25) is 0 Å². The maximum absolute atomic E-state index is 12.0. The molecule has 0 fully saturated rings. The summed E-state index contributed by atoms with van der Waals surface area (Å²) in [7, 11) is 0. The first-order chi connectivity index (χ1) is 9.37. The van der Waals surface area contributed by atoms with Gasteiger partial charge in [-0.05, 0) is 38.5 Å². The molecule has 0 amide bonds. The summed E-state index contributed by atoms with van der Waals surface area (Å²) in [4.78, 5) is 23.7. The van der Waals surface area contributed by atoms with Crippen LogP contribution in [0.5, 0.6) is 0 Å². The molecule has 0 aliphatic carbocycles. The average molecular weight is 343 g/mol. The molecule has 0 unspecified atom stereocenters. The summed E-state index contributed by atoms with van der Waals surface area (Å²) < 4.78 is 11.2. The Kier molecular flexibility index (Phi) is 6.36. The SMILES string of the molecule is CCOC(=O)C(C)(C)C(=O)COCc1ccc(Br)cc1. The van der Waals surface area contributed by atoms with Gasteiger partial charge in [0.05, 0.1) is 13.2 Å². The van der Waals surface area contributed by atoms with Gasteiger partial charge in [-0.15, -0.1) is 0 Å². The summed E-state index contributed by atoms with van der Waals surface area (Å²) in [6.07, 6.45) is 0. The normalized spacial score (nSPS) is 11.2. The lowest BCUT2D eigenvalue weighted by Gasteiger charge is -2.20. The van der Waals surface area contributed by atoms with E-state index >= 15 is 0 Å². The van der Waals surface area contributed by atoms with Crippen LogP contribution in [0.3, 0.4) is 0 Å². The van der Waals surface area contributed by atoms with Crippen LogP contribution in [0, 0.1) is 5.41 Å². The van der Waals surface area contributed by atoms with Crippen molar-refractivity contribution in [3.05, 3.63) is 34.3 Å². The van der Waals surface area contributed by atoms with Crippen LogP contribution in [-0.4, -0.2) is 25.0 Å². The summed E-state index contributed by atoms with van der Waals surface area (Å²) in [6, 6.07) is 7.63. The van der Waals surface area contributed by atoms with Crippen LogP contribution in [0.1, 0.15) is 26.3 Å². The van der Waals surface area contributed by atoms with Gasteiger partial charge < -0.3 is 9.47 Å². The van der Waals surface area contributed by atoms with Crippen molar-refractivity contribution >= 4 is 27.7 Å². The molecule has 0 N–H and O–H groups in total. The third-order valence-electron chi connectivity index (χ3n) is 2.90.